The predicted molar refractivity (Wildman–Crippen MR) is 145 cm³/mol. The Balaban J connectivity index is 1.79. The molecule has 1 aliphatic heterocycles. The number of fused-ring (bicyclic) bond motifs is 1. The SMILES string of the molecule is CCCCC[n+]1c(C=c2s/c(=C\C=C3\SC=C(C)N3CC)c(=O)n2CC)sc2ccccc21. The van der Waals surface area contributed by atoms with Crippen molar-refractivity contribution in [2.75, 3.05) is 6.54 Å². The zero-order chi connectivity index (χ0) is 23.4. The number of rotatable bonds is 8. The van der Waals surface area contributed by atoms with E-state index in [1.165, 1.54) is 45.2 Å². The van der Waals surface area contributed by atoms with Crippen molar-refractivity contribution in [3.63, 3.8) is 0 Å². The molecule has 4 nitrogen and oxygen atoms in total. The first-order chi connectivity index (χ1) is 16.1. The molecule has 0 fully saturated rings. The summed E-state index contributed by atoms with van der Waals surface area (Å²) in [6.45, 7) is 11.2. The maximum Gasteiger partial charge on any atom is 0.269 e. The molecule has 0 aliphatic carbocycles. The molecule has 0 amide bonds. The highest BCUT2D eigenvalue weighted by Crippen LogP contribution is 2.33. The third-order valence-electron chi connectivity index (χ3n) is 5.86. The lowest BCUT2D eigenvalue weighted by molar-refractivity contribution is -0.669. The summed E-state index contributed by atoms with van der Waals surface area (Å²) in [5.41, 5.74) is 2.63. The number of benzene rings is 1. The van der Waals surface area contributed by atoms with E-state index in [4.69, 9.17) is 0 Å². The normalized spacial score (nSPS) is 16.5. The number of hydrogen-bond donors (Lipinski definition) is 0. The van der Waals surface area contributed by atoms with Gasteiger partial charge in [-0.2, -0.15) is 4.57 Å². The number of thioether (sulfide) groups is 1. The number of nitrogens with zero attached hydrogens (tertiary/aromatic N) is 3. The van der Waals surface area contributed by atoms with Crippen LogP contribution in [0, 0.1) is 0 Å². The molecule has 33 heavy (non-hydrogen) atoms. The van der Waals surface area contributed by atoms with E-state index in [2.05, 4.69) is 72.1 Å². The standard InChI is InChI=1S/C26H32N3OS3/c1-5-8-11-16-29-20-12-9-10-13-21(20)32-25(29)17-24-28(7-3)26(30)22(33-24)14-15-23-27(6-2)19(4)18-31-23/h9-10,12-15,17-18H,5-8,11,16H2,1-4H3/q+1/b22-14-,23-15+. The molecule has 4 rings (SSSR count). The zero-order valence-corrected chi connectivity index (χ0v) is 22.3. The molecular formula is C26H32N3OS3+. The van der Waals surface area contributed by atoms with Gasteiger partial charge in [0.1, 0.15) is 9.36 Å². The number of para-hydroxylation sites is 1. The number of hydrogen-bond acceptors (Lipinski definition) is 5. The van der Waals surface area contributed by atoms with E-state index in [1.807, 2.05) is 28.9 Å². The summed E-state index contributed by atoms with van der Waals surface area (Å²) >= 11 is 5.12. The van der Waals surface area contributed by atoms with Crippen LogP contribution in [0.4, 0.5) is 0 Å². The van der Waals surface area contributed by atoms with Crippen LogP contribution in [0.15, 0.2) is 51.3 Å². The smallest absolute Gasteiger partial charge is 0.269 e. The minimum absolute atomic E-state index is 0.0972. The van der Waals surface area contributed by atoms with Gasteiger partial charge in [0.25, 0.3) is 10.6 Å². The molecule has 0 unspecified atom stereocenters. The molecule has 0 N–H and O–H groups in total. The molecule has 0 bridgehead atoms. The highest BCUT2D eigenvalue weighted by Gasteiger charge is 2.19. The molecule has 1 aromatic carbocycles. The monoisotopic (exact) mass is 498 g/mol. The number of unbranched alkanes of at least 4 members (excludes halogenated alkanes) is 2. The second-order valence-corrected chi connectivity index (χ2v) is 11.1. The van der Waals surface area contributed by atoms with Gasteiger partial charge < -0.3 is 4.90 Å². The van der Waals surface area contributed by atoms with Crippen molar-refractivity contribution in [3.8, 4) is 0 Å². The molecule has 0 spiro atoms. The van der Waals surface area contributed by atoms with Gasteiger partial charge in [-0.1, -0.05) is 48.6 Å². The lowest BCUT2D eigenvalue weighted by Crippen LogP contribution is -2.36. The first kappa shape index (κ1) is 24.0. The van der Waals surface area contributed by atoms with Crippen molar-refractivity contribution < 1.29 is 4.57 Å². The van der Waals surface area contributed by atoms with Crippen LogP contribution in [0.5, 0.6) is 0 Å². The summed E-state index contributed by atoms with van der Waals surface area (Å²) < 4.78 is 7.42. The van der Waals surface area contributed by atoms with Gasteiger partial charge in [-0.3, -0.25) is 9.36 Å². The quantitative estimate of drug-likeness (QED) is 0.323. The van der Waals surface area contributed by atoms with Gasteiger partial charge in [0.05, 0.1) is 15.6 Å². The van der Waals surface area contributed by atoms with E-state index in [0.717, 1.165) is 22.3 Å². The van der Waals surface area contributed by atoms with Gasteiger partial charge in [0.15, 0.2) is 6.54 Å². The van der Waals surface area contributed by atoms with E-state index in [9.17, 15) is 4.79 Å². The molecule has 2 aromatic heterocycles. The van der Waals surface area contributed by atoms with Gasteiger partial charge in [0.2, 0.25) is 5.52 Å². The maximum atomic E-state index is 13.2. The number of allylic oxidation sites excluding steroid dienone is 2. The second kappa shape index (κ2) is 10.9. The van der Waals surface area contributed by atoms with Crippen LogP contribution in [0.1, 0.15) is 52.0 Å². The van der Waals surface area contributed by atoms with E-state index in [1.54, 1.807) is 23.1 Å². The summed E-state index contributed by atoms with van der Waals surface area (Å²) in [5.74, 6) is 0. The van der Waals surface area contributed by atoms with Crippen LogP contribution in [0.2, 0.25) is 0 Å². The third-order valence-corrected chi connectivity index (χ3v) is 9.10. The average Bonchev–Trinajstić information content (AvgIpc) is 3.45. The Morgan fingerprint density at radius 3 is 2.61 bits per heavy atom. The number of aryl methyl sites for hydroxylation is 1. The van der Waals surface area contributed by atoms with Crippen LogP contribution in [0.25, 0.3) is 22.4 Å². The Morgan fingerprint density at radius 2 is 1.85 bits per heavy atom. The number of aromatic nitrogens is 2. The van der Waals surface area contributed by atoms with Gasteiger partial charge in [-0.25, -0.2) is 0 Å². The second-order valence-electron chi connectivity index (χ2n) is 8.06. The average molecular weight is 499 g/mol. The molecule has 0 atom stereocenters. The Hall–Kier alpha value is -2.09. The van der Waals surface area contributed by atoms with Gasteiger partial charge in [-0.05, 0) is 50.8 Å². The van der Waals surface area contributed by atoms with Crippen LogP contribution < -0.4 is 19.3 Å². The van der Waals surface area contributed by atoms with Gasteiger partial charge >= 0.3 is 0 Å². The van der Waals surface area contributed by atoms with Crippen LogP contribution >= 0.6 is 34.4 Å². The van der Waals surface area contributed by atoms with Crippen molar-refractivity contribution in [2.24, 2.45) is 0 Å². The minimum atomic E-state index is 0.0972. The molecule has 3 aromatic rings. The summed E-state index contributed by atoms with van der Waals surface area (Å²) in [5, 5.41) is 4.55. The lowest BCUT2D eigenvalue weighted by atomic mass is 10.2. The Kier molecular flexibility index (Phi) is 7.94. The fraction of sp³-hybridized carbons (Fsp3) is 0.385. The maximum absolute atomic E-state index is 13.2. The first-order valence-corrected chi connectivity index (χ1v) is 14.2. The van der Waals surface area contributed by atoms with E-state index >= 15 is 0 Å². The van der Waals surface area contributed by atoms with Crippen molar-refractivity contribution in [2.45, 2.75) is 60.0 Å². The summed E-state index contributed by atoms with van der Waals surface area (Å²) in [7, 11) is 0. The largest absolute Gasteiger partial charge is 0.340 e. The van der Waals surface area contributed by atoms with Crippen LogP contribution in [-0.2, 0) is 13.1 Å². The first-order valence-electron chi connectivity index (χ1n) is 11.7. The molecule has 0 saturated heterocycles. The Morgan fingerprint density at radius 1 is 1.03 bits per heavy atom. The van der Waals surface area contributed by atoms with Crippen molar-refractivity contribution >= 4 is 56.8 Å². The van der Waals surface area contributed by atoms with E-state index in [0.29, 0.717) is 6.54 Å². The highest BCUT2D eigenvalue weighted by atomic mass is 32.2. The van der Waals surface area contributed by atoms with Crippen LogP contribution in [0.3, 0.4) is 0 Å². The number of thiazole rings is 2. The van der Waals surface area contributed by atoms with E-state index in [-0.39, 0.29) is 5.56 Å². The third kappa shape index (κ3) is 5.05. The Bertz CT molecular complexity index is 1370. The molecule has 0 radical (unpaired) electrons. The van der Waals surface area contributed by atoms with Gasteiger partial charge in [0, 0.05) is 31.3 Å². The lowest BCUT2D eigenvalue weighted by Gasteiger charge is -2.18. The summed E-state index contributed by atoms with van der Waals surface area (Å²) in [4.78, 5) is 15.4. The van der Waals surface area contributed by atoms with E-state index < -0.39 is 0 Å². The topological polar surface area (TPSA) is 29.1 Å². The summed E-state index contributed by atoms with van der Waals surface area (Å²) in [6.07, 6.45) is 9.89. The fourth-order valence-electron chi connectivity index (χ4n) is 4.10. The molecule has 3 heterocycles. The van der Waals surface area contributed by atoms with Crippen LogP contribution in [-0.4, -0.2) is 16.0 Å². The molecule has 0 saturated carbocycles. The highest BCUT2D eigenvalue weighted by molar-refractivity contribution is 8.06. The fourth-order valence-corrected chi connectivity index (χ4v) is 7.32. The Labute approximate surface area is 207 Å². The van der Waals surface area contributed by atoms with Gasteiger partial charge in [-0.15, -0.1) is 11.3 Å². The van der Waals surface area contributed by atoms with Crippen molar-refractivity contribution in [3.05, 3.63) is 71.0 Å². The predicted octanol–water partition coefficient (Wildman–Crippen LogP) is 5.00. The molecular weight excluding hydrogens is 467 g/mol. The molecule has 7 heteroatoms. The van der Waals surface area contributed by atoms with Crippen molar-refractivity contribution in [1.29, 1.82) is 0 Å². The van der Waals surface area contributed by atoms with Crippen molar-refractivity contribution in [1.82, 2.24) is 9.47 Å². The molecule has 1 aliphatic rings. The summed E-state index contributed by atoms with van der Waals surface area (Å²) in [6, 6.07) is 8.61. The zero-order valence-electron chi connectivity index (χ0n) is 19.8. The molecule has 174 valence electrons. The minimum Gasteiger partial charge on any atom is -0.340 e.